The highest BCUT2D eigenvalue weighted by atomic mass is 35.5. The first-order chi connectivity index (χ1) is 7.85. The molecule has 0 spiro atoms. The van der Waals surface area contributed by atoms with E-state index in [1.54, 1.807) is 0 Å². The average Bonchev–Trinajstić information content (AvgIpc) is 2.15. The molecule has 1 aromatic carbocycles. The van der Waals surface area contributed by atoms with E-state index in [1.165, 1.54) is 5.56 Å². The normalized spacial score (nSPS) is 11.6. The van der Waals surface area contributed by atoms with Gasteiger partial charge in [-0.2, -0.15) is 0 Å². The van der Waals surface area contributed by atoms with Gasteiger partial charge in [0.15, 0.2) is 0 Å². The van der Waals surface area contributed by atoms with Crippen LogP contribution in [0.4, 0.5) is 5.69 Å². The molecule has 1 N–H and O–H groups in total. The smallest absolute Gasteiger partial charge is 0.0642 e. The number of hydrogen-bond donors (Lipinski definition) is 1. The second-order valence-corrected chi connectivity index (χ2v) is 6.10. The van der Waals surface area contributed by atoms with Crippen molar-refractivity contribution in [3.8, 4) is 0 Å². The molecule has 0 saturated carbocycles. The molecule has 17 heavy (non-hydrogen) atoms. The Morgan fingerprint density at radius 3 is 2.47 bits per heavy atom. The van der Waals surface area contributed by atoms with E-state index >= 15 is 0 Å². The lowest BCUT2D eigenvalue weighted by Gasteiger charge is -2.30. The molecule has 0 aliphatic heterocycles. The summed E-state index contributed by atoms with van der Waals surface area (Å²) in [5.74, 6) is 0. The van der Waals surface area contributed by atoms with Crippen molar-refractivity contribution in [1.29, 1.82) is 0 Å². The third-order valence-corrected chi connectivity index (χ3v) is 2.84. The first-order valence-corrected chi connectivity index (χ1v) is 6.36. The van der Waals surface area contributed by atoms with Crippen LogP contribution in [-0.2, 0) is 6.54 Å². The number of nitrogens with zero attached hydrogens (tertiary/aromatic N) is 1. The van der Waals surface area contributed by atoms with E-state index in [2.05, 4.69) is 44.1 Å². The molecule has 0 radical (unpaired) electrons. The van der Waals surface area contributed by atoms with Gasteiger partial charge in [0.05, 0.1) is 10.7 Å². The minimum Gasteiger partial charge on any atom is -0.373 e. The molecule has 0 atom stereocenters. The number of para-hydroxylation sites is 1. The molecule has 0 bridgehead atoms. The predicted octanol–water partition coefficient (Wildman–Crippen LogP) is 3.54. The van der Waals surface area contributed by atoms with E-state index in [1.807, 2.05) is 19.2 Å². The lowest BCUT2D eigenvalue weighted by molar-refractivity contribution is 0.418. The highest BCUT2D eigenvalue weighted by Crippen LogP contribution is 2.31. The lowest BCUT2D eigenvalue weighted by Crippen LogP contribution is -2.30. The summed E-state index contributed by atoms with van der Waals surface area (Å²) in [4.78, 5) is 2.25. The van der Waals surface area contributed by atoms with Gasteiger partial charge in [-0.3, -0.25) is 0 Å². The number of rotatable bonds is 4. The first kappa shape index (κ1) is 14.3. The zero-order chi connectivity index (χ0) is 13.1. The van der Waals surface area contributed by atoms with Crippen LogP contribution in [0.15, 0.2) is 18.2 Å². The molecule has 0 saturated heterocycles. The van der Waals surface area contributed by atoms with E-state index < -0.39 is 0 Å². The lowest BCUT2D eigenvalue weighted by atomic mass is 9.95. The highest BCUT2D eigenvalue weighted by Gasteiger charge is 2.17. The van der Waals surface area contributed by atoms with Gasteiger partial charge in [0.1, 0.15) is 0 Å². The molecule has 1 aromatic rings. The van der Waals surface area contributed by atoms with Gasteiger partial charge in [-0.05, 0) is 24.1 Å². The zero-order valence-corrected chi connectivity index (χ0v) is 12.2. The number of halogens is 1. The largest absolute Gasteiger partial charge is 0.373 e. The van der Waals surface area contributed by atoms with Crippen LogP contribution in [0.1, 0.15) is 26.3 Å². The van der Waals surface area contributed by atoms with Crippen molar-refractivity contribution in [1.82, 2.24) is 5.32 Å². The van der Waals surface area contributed by atoms with Crippen molar-refractivity contribution >= 4 is 17.3 Å². The summed E-state index contributed by atoms with van der Waals surface area (Å²) in [6.45, 7) is 8.52. The number of nitrogens with one attached hydrogen (secondary N) is 1. The summed E-state index contributed by atoms with van der Waals surface area (Å²) >= 11 is 6.32. The van der Waals surface area contributed by atoms with Crippen LogP contribution < -0.4 is 10.2 Å². The quantitative estimate of drug-likeness (QED) is 0.884. The van der Waals surface area contributed by atoms with Crippen LogP contribution in [0.5, 0.6) is 0 Å². The highest BCUT2D eigenvalue weighted by molar-refractivity contribution is 6.33. The van der Waals surface area contributed by atoms with Gasteiger partial charge in [0.25, 0.3) is 0 Å². The van der Waals surface area contributed by atoms with Gasteiger partial charge in [0, 0.05) is 20.1 Å². The Kier molecular flexibility index (Phi) is 4.84. The fourth-order valence-corrected chi connectivity index (χ4v) is 2.45. The molecule has 0 aliphatic carbocycles. The van der Waals surface area contributed by atoms with E-state index in [0.29, 0.717) is 0 Å². The van der Waals surface area contributed by atoms with Crippen molar-refractivity contribution in [3.63, 3.8) is 0 Å². The van der Waals surface area contributed by atoms with Crippen LogP contribution in [0.2, 0.25) is 5.02 Å². The van der Waals surface area contributed by atoms with E-state index in [-0.39, 0.29) is 5.41 Å². The van der Waals surface area contributed by atoms with Crippen molar-refractivity contribution in [2.75, 3.05) is 25.5 Å². The Bertz CT molecular complexity index is 369. The Morgan fingerprint density at radius 2 is 1.94 bits per heavy atom. The molecule has 2 nitrogen and oxygen atoms in total. The molecule has 3 heteroatoms. The second kappa shape index (κ2) is 5.74. The maximum atomic E-state index is 6.32. The molecule has 0 aromatic heterocycles. The monoisotopic (exact) mass is 254 g/mol. The van der Waals surface area contributed by atoms with E-state index in [0.717, 1.165) is 23.8 Å². The summed E-state index contributed by atoms with van der Waals surface area (Å²) in [6.07, 6.45) is 0. The van der Waals surface area contributed by atoms with Gasteiger partial charge in [-0.25, -0.2) is 0 Å². The fraction of sp³-hybridized carbons (Fsp3) is 0.571. The fourth-order valence-electron chi connectivity index (χ4n) is 2.11. The Labute approximate surface area is 110 Å². The molecular formula is C14H23ClN2. The summed E-state index contributed by atoms with van der Waals surface area (Å²) in [7, 11) is 4.06. The van der Waals surface area contributed by atoms with Gasteiger partial charge < -0.3 is 10.2 Å². The summed E-state index contributed by atoms with van der Waals surface area (Å²) in [5.41, 5.74) is 2.63. The van der Waals surface area contributed by atoms with E-state index in [9.17, 15) is 0 Å². The topological polar surface area (TPSA) is 15.3 Å². The number of hydrogen-bond acceptors (Lipinski definition) is 2. The van der Waals surface area contributed by atoms with Gasteiger partial charge in [0.2, 0.25) is 0 Å². The maximum absolute atomic E-state index is 6.32. The molecule has 0 unspecified atom stereocenters. The van der Waals surface area contributed by atoms with Crippen LogP contribution in [0.25, 0.3) is 0 Å². The minimum absolute atomic E-state index is 0.255. The van der Waals surface area contributed by atoms with Gasteiger partial charge in [-0.1, -0.05) is 44.5 Å². The summed E-state index contributed by atoms with van der Waals surface area (Å²) < 4.78 is 0. The Balaban J connectivity index is 3.02. The zero-order valence-electron chi connectivity index (χ0n) is 11.5. The minimum atomic E-state index is 0.255. The van der Waals surface area contributed by atoms with Crippen LogP contribution in [0.3, 0.4) is 0 Å². The van der Waals surface area contributed by atoms with Crippen LogP contribution >= 0.6 is 11.6 Å². The molecule has 0 aliphatic rings. The van der Waals surface area contributed by atoms with Crippen molar-refractivity contribution in [2.24, 2.45) is 5.41 Å². The first-order valence-electron chi connectivity index (χ1n) is 5.98. The Hall–Kier alpha value is -0.730. The molecule has 0 fully saturated rings. The SMILES string of the molecule is CNCc1cccc(Cl)c1N(C)CC(C)(C)C. The number of anilines is 1. The van der Waals surface area contributed by atoms with Crippen molar-refractivity contribution < 1.29 is 0 Å². The number of benzene rings is 1. The third kappa shape index (κ3) is 4.21. The molecule has 0 amide bonds. The van der Waals surface area contributed by atoms with Gasteiger partial charge in [-0.15, -0.1) is 0 Å². The second-order valence-electron chi connectivity index (χ2n) is 5.69. The predicted molar refractivity (Wildman–Crippen MR) is 76.9 cm³/mol. The van der Waals surface area contributed by atoms with Crippen LogP contribution in [-0.4, -0.2) is 20.6 Å². The summed E-state index contributed by atoms with van der Waals surface area (Å²) in [5, 5.41) is 4.01. The molecular weight excluding hydrogens is 232 g/mol. The van der Waals surface area contributed by atoms with E-state index in [4.69, 9.17) is 11.6 Å². The summed E-state index contributed by atoms with van der Waals surface area (Å²) in [6, 6.07) is 6.08. The third-order valence-electron chi connectivity index (χ3n) is 2.53. The molecule has 0 heterocycles. The average molecular weight is 255 g/mol. The van der Waals surface area contributed by atoms with Gasteiger partial charge >= 0.3 is 0 Å². The maximum Gasteiger partial charge on any atom is 0.0642 e. The van der Waals surface area contributed by atoms with Crippen LogP contribution in [0, 0.1) is 5.41 Å². The standard InChI is InChI=1S/C14H23ClN2/c1-14(2,3)10-17(5)13-11(9-16-4)7-6-8-12(13)15/h6-8,16H,9-10H2,1-5H3. The van der Waals surface area contributed by atoms with Crippen molar-refractivity contribution in [3.05, 3.63) is 28.8 Å². The molecule has 96 valence electrons. The Morgan fingerprint density at radius 1 is 1.29 bits per heavy atom. The van der Waals surface area contributed by atoms with Crippen molar-refractivity contribution in [2.45, 2.75) is 27.3 Å². The molecule has 1 rings (SSSR count).